The molecule has 6 nitrogen and oxygen atoms in total. The van der Waals surface area contributed by atoms with Crippen molar-refractivity contribution in [2.75, 3.05) is 26.2 Å². The van der Waals surface area contributed by atoms with Crippen LogP contribution in [0.5, 0.6) is 0 Å². The van der Waals surface area contributed by atoms with Crippen molar-refractivity contribution in [1.82, 2.24) is 19.4 Å². The second-order valence-corrected chi connectivity index (χ2v) is 6.19. The third-order valence-corrected chi connectivity index (χ3v) is 4.72. The van der Waals surface area contributed by atoms with E-state index >= 15 is 0 Å². The monoisotopic (exact) mass is 316 g/mol. The third kappa shape index (κ3) is 3.32. The molecule has 0 bridgehead atoms. The predicted molar refractivity (Wildman–Crippen MR) is 87.2 cm³/mol. The van der Waals surface area contributed by atoms with Gasteiger partial charge in [-0.1, -0.05) is 0 Å². The number of aryl methyl sites for hydroxylation is 1. The highest BCUT2D eigenvalue weighted by Gasteiger charge is 2.22. The Hall–Kier alpha value is -2.08. The van der Waals surface area contributed by atoms with Crippen molar-refractivity contribution in [3.05, 3.63) is 41.4 Å². The van der Waals surface area contributed by atoms with Gasteiger partial charge in [-0.25, -0.2) is 4.98 Å². The largest absolute Gasteiger partial charge is 0.472 e. The van der Waals surface area contributed by atoms with E-state index in [2.05, 4.69) is 28.4 Å². The van der Waals surface area contributed by atoms with Crippen LogP contribution in [0.25, 0.3) is 0 Å². The fraction of sp³-hybridized carbons (Fsp3) is 0.529. The molecule has 0 saturated carbocycles. The van der Waals surface area contributed by atoms with Gasteiger partial charge in [-0.3, -0.25) is 9.69 Å². The van der Waals surface area contributed by atoms with Crippen LogP contribution in [-0.2, 0) is 13.6 Å². The van der Waals surface area contributed by atoms with Crippen molar-refractivity contribution in [2.24, 2.45) is 7.05 Å². The van der Waals surface area contributed by atoms with Gasteiger partial charge in [0.1, 0.15) is 12.1 Å². The summed E-state index contributed by atoms with van der Waals surface area (Å²) in [6, 6.07) is 1.73. The molecule has 124 valence electrons. The van der Waals surface area contributed by atoms with E-state index in [9.17, 15) is 4.79 Å². The number of hydrogen-bond donors (Lipinski definition) is 0. The molecule has 0 unspecified atom stereocenters. The molecule has 3 heterocycles. The molecule has 1 aliphatic rings. The molecule has 2 aromatic rings. The highest BCUT2D eigenvalue weighted by Crippen LogP contribution is 2.14. The number of imidazole rings is 1. The summed E-state index contributed by atoms with van der Waals surface area (Å²) in [7, 11) is 2.07. The summed E-state index contributed by atoms with van der Waals surface area (Å²) in [5.41, 5.74) is 2.94. The molecule has 0 spiro atoms. The SMILES string of the molecule is Cc1nc(CN2CCCN(C(=O)c3ccoc3)CC2)n(C)c1C. The first kappa shape index (κ1) is 15.8. The van der Waals surface area contributed by atoms with Crippen LogP contribution in [0.2, 0.25) is 0 Å². The Kier molecular flexibility index (Phi) is 4.52. The molecule has 0 aliphatic carbocycles. The van der Waals surface area contributed by atoms with Crippen LogP contribution >= 0.6 is 0 Å². The van der Waals surface area contributed by atoms with Crippen molar-refractivity contribution in [3.8, 4) is 0 Å². The first-order valence-electron chi connectivity index (χ1n) is 8.09. The zero-order valence-electron chi connectivity index (χ0n) is 14.1. The average Bonchev–Trinajstić information content (AvgIpc) is 3.07. The van der Waals surface area contributed by atoms with Crippen LogP contribution < -0.4 is 0 Å². The molecule has 23 heavy (non-hydrogen) atoms. The Labute approximate surface area is 136 Å². The fourth-order valence-electron chi connectivity index (χ4n) is 3.03. The quantitative estimate of drug-likeness (QED) is 0.869. The minimum Gasteiger partial charge on any atom is -0.472 e. The second kappa shape index (κ2) is 6.58. The number of carbonyl (C=O) groups is 1. The lowest BCUT2D eigenvalue weighted by Gasteiger charge is -2.21. The minimum absolute atomic E-state index is 0.0595. The van der Waals surface area contributed by atoms with Crippen LogP contribution in [0.3, 0.4) is 0 Å². The van der Waals surface area contributed by atoms with Gasteiger partial charge in [-0.15, -0.1) is 0 Å². The van der Waals surface area contributed by atoms with Gasteiger partial charge in [0.15, 0.2) is 0 Å². The lowest BCUT2D eigenvalue weighted by molar-refractivity contribution is 0.0760. The van der Waals surface area contributed by atoms with E-state index in [-0.39, 0.29) is 5.91 Å². The lowest BCUT2D eigenvalue weighted by atomic mass is 10.3. The van der Waals surface area contributed by atoms with Crippen LogP contribution in [0.15, 0.2) is 23.0 Å². The molecular formula is C17H24N4O2. The van der Waals surface area contributed by atoms with Gasteiger partial charge in [0, 0.05) is 38.9 Å². The molecule has 0 radical (unpaired) electrons. The summed E-state index contributed by atoms with van der Waals surface area (Å²) in [5.74, 6) is 1.15. The number of carbonyl (C=O) groups excluding carboxylic acids is 1. The van der Waals surface area contributed by atoms with E-state index in [0.717, 1.165) is 50.7 Å². The molecule has 0 aromatic carbocycles. The van der Waals surface area contributed by atoms with Crippen molar-refractivity contribution >= 4 is 5.91 Å². The average molecular weight is 316 g/mol. The fourth-order valence-corrected chi connectivity index (χ4v) is 3.03. The summed E-state index contributed by atoms with van der Waals surface area (Å²) in [5, 5.41) is 0. The minimum atomic E-state index is 0.0595. The summed E-state index contributed by atoms with van der Waals surface area (Å²) in [6.07, 6.45) is 4.04. The van der Waals surface area contributed by atoms with E-state index in [4.69, 9.17) is 4.42 Å². The highest BCUT2D eigenvalue weighted by atomic mass is 16.3. The highest BCUT2D eigenvalue weighted by molar-refractivity contribution is 5.93. The summed E-state index contributed by atoms with van der Waals surface area (Å²) < 4.78 is 7.18. The Morgan fingerprint density at radius 1 is 1.26 bits per heavy atom. The maximum atomic E-state index is 12.4. The number of aromatic nitrogens is 2. The van der Waals surface area contributed by atoms with Crippen LogP contribution in [0, 0.1) is 13.8 Å². The van der Waals surface area contributed by atoms with Gasteiger partial charge in [-0.2, -0.15) is 0 Å². The number of rotatable bonds is 3. The smallest absolute Gasteiger partial charge is 0.257 e. The number of nitrogens with zero attached hydrogens (tertiary/aromatic N) is 4. The molecular weight excluding hydrogens is 292 g/mol. The molecule has 1 amide bonds. The van der Waals surface area contributed by atoms with Crippen LogP contribution in [-0.4, -0.2) is 51.4 Å². The van der Waals surface area contributed by atoms with Gasteiger partial charge in [0.2, 0.25) is 0 Å². The number of furan rings is 1. The molecule has 3 rings (SSSR count). The van der Waals surface area contributed by atoms with Gasteiger partial charge in [0.25, 0.3) is 5.91 Å². The predicted octanol–water partition coefficient (Wildman–Crippen LogP) is 1.98. The van der Waals surface area contributed by atoms with Crippen LogP contribution in [0.1, 0.15) is 34.0 Å². The third-order valence-electron chi connectivity index (χ3n) is 4.72. The van der Waals surface area contributed by atoms with E-state index in [0.29, 0.717) is 5.56 Å². The molecule has 0 atom stereocenters. The van der Waals surface area contributed by atoms with Crippen molar-refractivity contribution in [3.63, 3.8) is 0 Å². The van der Waals surface area contributed by atoms with Gasteiger partial charge in [0.05, 0.1) is 24.1 Å². The molecule has 2 aromatic heterocycles. The molecule has 1 aliphatic heterocycles. The summed E-state index contributed by atoms with van der Waals surface area (Å²) in [4.78, 5) is 21.4. The number of hydrogen-bond acceptors (Lipinski definition) is 4. The van der Waals surface area contributed by atoms with Gasteiger partial charge < -0.3 is 13.9 Å². The Bertz CT molecular complexity index is 675. The maximum absolute atomic E-state index is 12.4. The normalized spacial score (nSPS) is 16.6. The summed E-state index contributed by atoms with van der Waals surface area (Å²) >= 11 is 0. The van der Waals surface area contributed by atoms with Crippen molar-refractivity contribution < 1.29 is 9.21 Å². The molecule has 6 heteroatoms. The lowest BCUT2D eigenvalue weighted by Crippen LogP contribution is -2.35. The van der Waals surface area contributed by atoms with Crippen molar-refractivity contribution in [1.29, 1.82) is 0 Å². The van der Waals surface area contributed by atoms with E-state index in [1.54, 1.807) is 12.3 Å². The molecule has 0 N–H and O–H groups in total. The summed E-state index contributed by atoms with van der Waals surface area (Å²) in [6.45, 7) is 8.37. The maximum Gasteiger partial charge on any atom is 0.257 e. The zero-order chi connectivity index (χ0) is 16.4. The Morgan fingerprint density at radius 2 is 2.09 bits per heavy atom. The van der Waals surface area contributed by atoms with Crippen LogP contribution in [0.4, 0.5) is 0 Å². The molecule has 1 fully saturated rings. The van der Waals surface area contributed by atoms with E-state index < -0.39 is 0 Å². The Morgan fingerprint density at radius 3 is 2.74 bits per heavy atom. The first-order chi connectivity index (χ1) is 11.1. The second-order valence-electron chi connectivity index (χ2n) is 6.19. The van der Waals surface area contributed by atoms with E-state index in [1.165, 1.54) is 12.0 Å². The molecule has 1 saturated heterocycles. The topological polar surface area (TPSA) is 54.5 Å². The van der Waals surface area contributed by atoms with Gasteiger partial charge >= 0.3 is 0 Å². The first-order valence-corrected chi connectivity index (χ1v) is 8.09. The Balaban J connectivity index is 1.62. The standard InChI is InChI=1S/C17H24N4O2/c1-13-14(2)19(3)16(18-13)11-20-6-4-7-21(9-8-20)17(22)15-5-10-23-12-15/h5,10,12H,4,6-9,11H2,1-3H3. The van der Waals surface area contributed by atoms with Crippen molar-refractivity contribution in [2.45, 2.75) is 26.8 Å². The number of amides is 1. The zero-order valence-corrected chi connectivity index (χ0v) is 14.1. The van der Waals surface area contributed by atoms with Gasteiger partial charge in [-0.05, 0) is 26.3 Å². The van der Waals surface area contributed by atoms with E-state index in [1.807, 2.05) is 11.8 Å².